The number of carbonyl (C=O) groups excluding carboxylic acids is 2. The molecular formula is C26H33ClN2O2. The molecule has 3 saturated carbocycles. The van der Waals surface area contributed by atoms with Crippen LogP contribution in [-0.2, 0) is 9.59 Å². The topological polar surface area (TPSA) is 49.4 Å². The van der Waals surface area contributed by atoms with Gasteiger partial charge in [0.1, 0.15) is 0 Å². The Morgan fingerprint density at radius 3 is 2.55 bits per heavy atom. The number of hydrogen-bond donors (Lipinski definition) is 1. The highest BCUT2D eigenvalue weighted by Crippen LogP contribution is 2.65. The summed E-state index contributed by atoms with van der Waals surface area (Å²) < 4.78 is 0. The lowest BCUT2D eigenvalue weighted by molar-refractivity contribution is -0.141. The van der Waals surface area contributed by atoms with E-state index in [0.29, 0.717) is 28.8 Å². The monoisotopic (exact) mass is 440 g/mol. The van der Waals surface area contributed by atoms with Crippen molar-refractivity contribution in [3.63, 3.8) is 0 Å². The Bertz CT molecular complexity index is 928. The highest BCUT2D eigenvalue weighted by atomic mass is 35.5. The molecule has 5 heteroatoms. The first-order valence-electron chi connectivity index (χ1n) is 11.8. The highest BCUT2D eigenvalue weighted by molar-refractivity contribution is 6.30. The van der Waals surface area contributed by atoms with Crippen molar-refractivity contribution < 1.29 is 9.59 Å². The van der Waals surface area contributed by atoms with Crippen molar-refractivity contribution in [2.45, 2.75) is 58.4 Å². The molecule has 0 saturated heterocycles. The van der Waals surface area contributed by atoms with Crippen LogP contribution in [0.1, 0.15) is 52.4 Å². The second kappa shape index (κ2) is 7.37. The summed E-state index contributed by atoms with van der Waals surface area (Å²) in [4.78, 5) is 27.5. The van der Waals surface area contributed by atoms with Gasteiger partial charge in [-0.2, -0.15) is 0 Å². The second-order valence-corrected chi connectivity index (χ2v) is 11.2. The van der Waals surface area contributed by atoms with Crippen molar-refractivity contribution in [3.8, 4) is 0 Å². The lowest BCUT2D eigenvalue weighted by atomic mass is 9.47. The molecule has 4 nitrogen and oxygen atoms in total. The third-order valence-corrected chi connectivity index (χ3v) is 9.81. The van der Waals surface area contributed by atoms with Crippen LogP contribution in [0.3, 0.4) is 0 Å². The third kappa shape index (κ3) is 3.16. The maximum atomic E-state index is 13.3. The van der Waals surface area contributed by atoms with Crippen LogP contribution in [0.5, 0.6) is 0 Å². The molecular weight excluding hydrogens is 408 g/mol. The minimum atomic E-state index is 0.0521. The summed E-state index contributed by atoms with van der Waals surface area (Å²) >= 11 is 5.99. The average molecular weight is 441 g/mol. The molecule has 31 heavy (non-hydrogen) atoms. The fraction of sp³-hybridized carbons (Fsp3) is 0.615. The number of benzene rings is 1. The van der Waals surface area contributed by atoms with Gasteiger partial charge in [0.05, 0.1) is 0 Å². The zero-order chi connectivity index (χ0) is 22.0. The van der Waals surface area contributed by atoms with E-state index in [4.69, 9.17) is 11.6 Å². The Balaban J connectivity index is 1.37. The van der Waals surface area contributed by atoms with Crippen molar-refractivity contribution in [2.24, 2.45) is 34.5 Å². The highest BCUT2D eigenvalue weighted by Gasteiger charge is 2.61. The van der Waals surface area contributed by atoms with Crippen LogP contribution < -0.4 is 5.32 Å². The molecule has 1 aromatic carbocycles. The lowest BCUT2D eigenvalue weighted by Crippen LogP contribution is -2.59. The van der Waals surface area contributed by atoms with Crippen molar-refractivity contribution in [1.29, 1.82) is 0 Å². The molecule has 5 rings (SSSR count). The minimum absolute atomic E-state index is 0.0521. The molecule has 4 unspecified atom stereocenters. The molecule has 166 valence electrons. The first-order chi connectivity index (χ1) is 14.7. The maximum absolute atomic E-state index is 13.3. The zero-order valence-electron chi connectivity index (χ0n) is 18.7. The van der Waals surface area contributed by atoms with Crippen LogP contribution in [0, 0.1) is 34.5 Å². The molecule has 7 atom stereocenters. The fourth-order valence-corrected chi connectivity index (χ4v) is 8.06. The number of fused-ring (bicyclic) bond motifs is 5. The standard InChI is InChI=1S/C26H33ClN2O2/c1-25-14-12-20-18(8-11-22-26(20,2)15-13-23(30)29(22)3)19(25)9-10-21(25)24(31)28-17-6-4-16(27)5-7-17/h4-7,13,15,18-22H,8-12,14H2,1-3H3,(H,28,31)/t18?,19?,20?,21-,22?,25+,26-/m1/s1. The van der Waals surface area contributed by atoms with Crippen molar-refractivity contribution in [3.05, 3.63) is 41.4 Å². The van der Waals surface area contributed by atoms with Gasteiger partial charge in [0, 0.05) is 35.1 Å². The molecule has 3 aliphatic carbocycles. The third-order valence-electron chi connectivity index (χ3n) is 9.56. The van der Waals surface area contributed by atoms with Gasteiger partial charge in [-0.05, 0) is 92.0 Å². The van der Waals surface area contributed by atoms with Gasteiger partial charge in [-0.1, -0.05) is 31.5 Å². The van der Waals surface area contributed by atoms with Gasteiger partial charge in [-0.3, -0.25) is 9.59 Å². The van der Waals surface area contributed by atoms with E-state index in [1.165, 1.54) is 6.42 Å². The number of anilines is 1. The van der Waals surface area contributed by atoms with Crippen LogP contribution in [0.2, 0.25) is 5.02 Å². The summed E-state index contributed by atoms with van der Waals surface area (Å²) in [6, 6.07) is 7.70. The van der Waals surface area contributed by atoms with Gasteiger partial charge >= 0.3 is 0 Å². The van der Waals surface area contributed by atoms with E-state index in [0.717, 1.165) is 37.8 Å². The number of nitrogens with one attached hydrogen (secondary N) is 1. The molecule has 0 radical (unpaired) electrons. The number of halogens is 1. The SMILES string of the molecule is CN1C(=O)C=C[C@]2(C)C3CC[C@@]4(C)C(CC[C@@H]4C(=O)Nc4ccc(Cl)cc4)C3CCC12. The molecule has 1 N–H and O–H groups in total. The summed E-state index contributed by atoms with van der Waals surface area (Å²) in [6.07, 6.45) is 10.6. The van der Waals surface area contributed by atoms with Crippen LogP contribution >= 0.6 is 11.6 Å². The predicted octanol–water partition coefficient (Wildman–Crippen LogP) is 5.53. The summed E-state index contributed by atoms with van der Waals surface area (Å²) in [6.45, 7) is 4.74. The molecule has 1 aromatic rings. The van der Waals surface area contributed by atoms with Crippen molar-refractivity contribution >= 4 is 29.1 Å². The van der Waals surface area contributed by atoms with E-state index < -0.39 is 0 Å². The van der Waals surface area contributed by atoms with E-state index in [1.54, 1.807) is 6.08 Å². The Hall–Kier alpha value is -1.81. The molecule has 0 spiro atoms. The molecule has 3 fully saturated rings. The van der Waals surface area contributed by atoms with Crippen LogP contribution in [0.25, 0.3) is 0 Å². The Labute approximate surface area is 190 Å². The first-order valence-corrected chi connectivity index (χ1v) is 12.1. The number of carbonyl (C=O) groups is 2. The van der Waals surface area contributed by atoms with Crippen molar-refractivity contribution in [2.75, 3.05) is 12.4 Å². The fourth-order valence-electron chi connectivity index (χ4n) is 7.93. The van der Waals surface area contributed by atoms with Crippen LogP contribution in [0.15, 0.2) is 36.4 Å². The largest absolute Gasteiger partial charge is 0.338 e. The normalized spacial score (nSPS) is 41.4. The van der Waals surface area contributed by atoms with Gasteiger partial charge in [-0.15, -0.1) is 0 Å². The van der Waals surface area contributed by atoms with E-state index in [2.05, 4.69) is 25.2 Å². The number of rotatable bonds is 2. The van der Waals surface area contributed by atoms with Gasteiger partial charge < -0.3 is 10.2 Å². The first kappa shape index (κ1) is 21.1. The molecule has 1 aliphatic heterocycles. The molecule has 0 aromatic heterocycles. The van der Waals surface area contributed by atoms with Gasteiger partial charge in [0.15, 0.2) is 0 Å². The van der Waals surface area contributed by atoms with Crippen LogP contribution in [0.4, 0.5) is 5.69 Å². The Kier molecular flexibility index (Phi) is 5.00. The van der Waals surface area contributed by atoms with Crippen molar-refractivity contribution in [1.82, 2.24) is 4.90 Å². The number of hydrogen-bond acceptors (Lipinski definition) is 2. The second-order valence-electron chi connectivity index (χ2n) is 10.8. The number of likely N-dealkylation sites (N-methyl/N-ethyl adjacent to an activating group) is 1. The molecule has 4 aliphatic rings. The van der Waals surface area contributed by atoms with E-state index in [-0.39, 0.29) is 28.6 Å². The van der Waals surface area contributed by atoms with Gasteiger partial charge in [0.2, 0.25) is 11.8 Å². The summed E-state index contributed by atoms with van der Waals surface area (Å²) in [7, 11) is 1.97. The quantitative estimate of drug-likeness (QED) is 0.656. The number of nitrogens with zero attached hydrogens (tertiary/aromatic N) is 1. The van der Waals surface area contributed by atoms with E-state index in [9.17, 15) is 9.59 Å². The summed E-state index contributed by atoms with van der Waals surface area (Å²) in [5.41, 5.74) is 0.931. The smallest absolute Gasteiger partial charge is 0.246 e. The predicted molar refractivity (Wildman–Crippen MR) is 124 cm³/mol. The average Bonchev–Trinajstić information content (AvgIpc) is 3.10. The minimum Gasteiger partial charge on any atom is -0.338 e. The summed E-state index contributed by atoms with van der Waals surface area (Å²) in [5, 5.41) is 3.83. The lowest BCUT2D eigenvalue weighted by Gasteiger charge is -2.60. The molecule has 0 bridgehead atoms. The number of amides is 2. The molecule has 1 heterocycles. The van der Waals surface area contributed by atoms with E-state index >= 15 is 0 Å². The summed E-state index contributed by atoms with van der Waals surface area (Å²) in [5.74, 6) is 2.18. The Morgan fingerprint density at radius 2 is 1.81 bits per heavy atom. The van der Waals surface area contributed by atoms with E-state index in [1.807, 2.05) is 36.2 Å². The Morgan fingerprint density at radius 1 is 1.06 bits per heavy atom. The van der Waals surface area contributed by atoms with Gasteiger partial charge in [0.25, 0.3) is 0 Å². The van der Waals surface area contributed by atoms with Crippen LogP contribution in [-0.4, -0.2) is 29.8 Å². The van der Waals surface area contributed by atoms with Gasteiger partial charge in [-0.25, -0.2) is 0 Å². The zero-order valence-corrected chi connectivity index (χ0v) is 19.5. The molecule has 2 amide bonds. The maximum Gasteiger partial charge on any atom is 0.246 e.